The third kappa shape index (κ3) is 3.70. The van der Waals surface area contributed by atoms with E-state index in [9.17, 15) is 9.90 Å². The predicted molar refractivity (Wildman–Crippen MR) is 86.8 cm³/mol. The molecular formula is C17H20O3S. The minimum Gasteiger partial charge on any atom is -0.507 e. The van der Waals surface area contributed by atoms with Gasteiger partial charge in [0.15, 0.2) is 0 Å². The summed E-state index contributed by atoms with van der Waals surface area (Å²) in [5, 5.41) is 11.5. The van der Waals surface area contributed by atoms with Crippen LogP contribution in [0.25, 0.3) is 10.8 Å². The van der Waals surface area contributed by atoms with Gasteiger partial charge in [-0.25, -0.2) is 0 Å². The van der Waals surface area contributed by atoms with Crippen LogP contribution in [0.3, 0.4) is 0 Å². The molecule has 0 heterocycles. The zero-order chi connectivity index (χ0) is 15.2. The first-order valence-corrected chi connectivity index (χ1v) is 8.00. The predicted octanol–water partition coefficient (Wildman–Crippen LogP) is 4.37. The molecule has 0 aliphatic rings. The number of thioether (sulfide) groups is 1. The van der Waals surface area contributed by atoms with Gasteiger partial charge in [-0.05, 0) is 23.9 Å². The summed E-state index contributed by atoms with van der Waals surface area (Å²) in [6, 6.07) is 11.2. The quantitative estimate of drug-likeness (QED) is 0.636. The molecule has 0 aliphatic carbocycles. The number of ether oxygens (including phenoxy) is 1. The van der Waals surface area contributed by atoms with Crippen molar-refractivity contribution in [3.8, 4) is 5.75 Å². The zero-order valence-corrected chi connectivity index (χ0v) is 13.2. The second-order valence-corrected chi connectivity index (χ2v) is 6.14. The van der Waals surface area contributed by atoms with Gasteiger partial charge in [-0.2, -0.15) is 0 Å². The summed E-state index contributed by atoms with van der Waals surface area (Å²) in [4.78, 5) is 12.9. The highest BCUT2D eigenvalue weighted by atomic mass is 32.2. The van der Waals surface area contributed by atoms with Crippen molar-refractivity contribution in [3.63, 3.8) is 0 Å². The average molecular weight is 304 g/mol. The van der Waals surface area contributed by atoms with Crippen molar-refractivity contribution < 1.29 is 14.6 Å². The zero-order valence-electron chi connectivity index (χ0n) is 12.3. The largest absolute Gasteiger partial charge is 0.507 e. The number of carbonyl (C=O) groups excluding carboxylic acids is 1. The second-order valence-electron chi connectivity index (χ2n) is 4.90. The third-order valence-electron chi connectivity index (χ3n) is 3.41. The van der Waals surface area contributed by atoms with Crippen LogP contribution in [-0.4, -0.2) is 23.4 Å². The van der Waals surface area contributed by atoms with E-state index < -0.39 is 0 Å². The van der Waals surface area contributed by atoms with Crippen molar-refractivity contribution in [1.29, 1.82) is 0 Å². The van der Waals surface area contributed by atoms with Crippen molar-refractivity contribution in [2.45, 2.75) is 36.3 Å². The van der Waals surface area contributed by atoms with Crippen molar-refractivity contribution >= 4 is 28.5 Å². The Morgan fingerprint density at radius 3 is 2.62 bits per heavy atom. The summed E-state index contributed by atoms with van der Waals surface area (Å²) in [5.41, 5.74) is 0. The highest BCUT2D eigenvalue weighted by molar-refractivity contribution is 8.00. The highest BCUT2D eigenvalue weighted by Gasteiger charge is 2.21. The number of hydrogen-bond acceptors (Lipinski definition) is 4. The van der Waals surface area contributed by atoms with Gasteiger partial charge in [-0.15, -0.1) is 11.8 Å². The maximum atomic E-state index is 11.9. The summed E-state index contributed by atoms with van der Waals surface area (Å²) in [7, 11) is 1.43. The maximum absolute atomic E-state index is 11.9. The van der Waals surface area contributed by atoms with Crippen molar-refractivity contribution in [3.05, 3.63) is 36.4 Å². The number of esters is 1. The van der Waals surface area contributed by atoms with Crippen LogP contribution in [0.2, 0.25) is 0 Å². The Hall–Kier alpha value is -1.68. The van der Waals surface area contributed by atoms with E-state index in [1.54, 1.807) is 6.07 Å². The molecule has 0 aliphatic heterocycles. The SMILES string of the molecule is CCCCC(Sc1ccc(O)c2ccccc12)C(=O)OC. The van der Waals surface area contributed by atoms with E-state index in [2.05, 4.69) is 6.92 Å². The van der Waals surface area contributed by atoms with Crippen LogP contribution >= 0.6 is 11.8 Å². The van der Waals surface area contributed by atoms with Gasteiger partial charge in [0.2, 0.25) is 0 Å². The Bertz CT molecular complexity index is 624. The lowest BCUT2D eigenvalue weighted by atomic mass is 10.1. The van der Waals surface area contributed by atoms with Gasteiger partial charge in [-0.3, -0.25) is 4.79 Å². The molecule has 0 radical (unpaired) electrons. The smallest absolute Gasteiger partial charge is 0.319 e. The molecule has 0 saturated heterocycles. The molecule has 4 heteroatoms. The van der Waals surface area contributed by atoms with Crippen LogP contribution < -0.4 is 0 Å². The van der Waals surface area contributed by atoms with Gasteiger partial charge in [0.25, 0.3) is 0 Å². The number of benzene rings is 2. The van der Waals surface area contributed by atoms with Gasteiger partial charge in [-0.1, -0.05) is 44.0 Å². The molecule has 0 spiro atoms. The first-order chi connectivity index (χ1) is 10.2. The molecule has 1 N–H and O–H groups in total. The lowest BCUT2D eigenvalue weighted by molar-refractivity contribution is -0.140. The minimum atomic E-state index is -0.206. The van der Waals surface area contributed by atoms with Crippen LogP contribution in [0.1, 0.15) is 26.2 Å². The molecule has 0 aromatic heterocycles. The van der Waals surface area contributed by atoms with Gasteiger partial charge < -0.3 is 9.84 Å². The van der Waals surface area contributed by atoms with Crippen LogP contribution in [0.4, 0.5) is 0 Å². The van der Waals surface area contributed by atoms with E-state index in [4.69, 9.17) is 4.74 Å². The topological polar surface area (TPSA) is 46.5 Å². The van der Waals surface area contributed by atoms with E-state index in [1.807, 2.05) is 30.3 Å². The van der Waals surface area contributed by atoms with Crippen molar-refractivity contribution in [1.82, 2.24) is 0 Å². The lowest BCUT2D eigenvalue weighted by Crippen LogP contribution is -2.18. The molecule has 3 nitrogen and oxygen atoms in total. The summed E-state index contributed by atoms with van der Waals surface area (Å²) >= 11 is 1.51. The number of hydrogen-bond donors (Lipinski definition) is 1. The molecule has 112 valence electrons. The Morgan fingerprint density at radius 1 is 1.24 bits per heavy atom. The Balaban J connectivity index is 2.32. The number of rotatable bonds is 6. The number of phenolic OH excluding ortho intramolecular Hbond substituents is 1. The van der Waals surface area contributed by atoms with Crippen molar-refractivity contribution in [2.75, 3.05) is 7.11 Å². The van der Waals surface area contributed by atoms with Gasteiger partial charge in [0, 0.05) is 10.3 Å². The number of methoxy groups -OCH3 is 1. The molecule has 2 aromatic rings. The lowest BCUT2D eigenvalue weighted by Gasteiger charge is -2.15. The van der Waals surface area contributed by atoms with Gasteiger partial charge in [0.05, 0.1) is 7.11 Å². The number of phenols is 1. The molecular weight excluding hydrogens is 284 g/mol. The number of aromatic hydroxyl groups is 1. The van der Waals surface area contributed by atoms with E-state index >= 15 is 0 Å². The summed E-state index contributed by atoms with van der Waals surface area (Å²) < 4.78 is 4.91. The fourth-order valence-corrected chi connectivity index (χ4v) is 3.49. The first kappa shape index (κ1) is 15.7. The standard InChI is InChI=1S/C17H20O3S/c1-3-4-9-16(17(19)20-2)21-15-11-10-14(18)12-7-5-6-8-13(12)15/h5-8,10-11,16,18H,3-4,9H2,1-2H3. The molecule has 1 atom stereocenters. The first-order valence-electron chi connectivity index (χ1n) is 7.12. The second kappa shape index (κ2) is 7.36. The van der Waals surface area contributed by atoms with Gasteiger partial charge >= 0.3 is 5.97 Å². The van der Waals surface area contributed by atoms with E-state index in [0.29, 0.717) is 0 Å². The molecule has 1 unspecified atom stereocenters. The molecule has 2 rings (SSSR count). The number of fused-ring (bicyclic) bond motifs is 1. The molecule has 2 aromatic carbocycles. The maximum Gasteiger partial charge on any atom is 0.319 e. The van der Waals surface area contributed by atoms with E-state index in [-0.39, 0.29) is 17.0 Å². The van der Waals surface area contributed by atoms with Crippen LogP contribution in [0.15, 0.2) is 41.3 Å². The molecule has 21 heavy (non-hydrogen) atoms. The summed E-state index contributed by atoms with van der Waals surface area (Å²) in [5.74, 6) is 0.0729. The number of unbranched alkanes of at least 4 members (excludes halogenated alkanes) is 1. The molecule has 0 amide bonds. The van der Waals surface area contributed by atoms with E-state index in [1.165, 1.54) is 18.9 Å². The Kier molecular flexibility index (Phi) is 5.51. The molecule has 0 saturated carbocycles. The fourth-order valence-electron chi connectivity index (χ4n) is 2.26. The van der Waals surface area contributed by atoms with Crippen LogP contribution in [-0.2, 0) is 9.53 Å². The Labute approximate surface area is 129 Å². The highest BCUT2D eigenvalue weighted by Crippen LogP contribution is 2.36. The average Bonchev–Trinajstić information content (AvgIpc) is 2.53. The number of carbonyl (C=O) groups is 1. The normalized spacial score (nSPS) is 12.3. The third-order valence-corrected chi connectivity index (χ3v) is 4.74. The summed E-state index contributed by atoms with van der Waals surface area (Å²) in [6.07, 6.45) is 2.83. The fraction of sp³-hybridized carbons (Fsp3) is 0.353. The van der Waals surface area contributed by atoms with Crippen LogP contribution in [0, 0.1) is 0 Å². The summed E-state index contributed by atoms with van der Waals surface area (Å²) in [6.45, 7) is 2.11. The minimum absolute atomic E-state index is 0.189. The molecule has 0 bridgehead atoms. The van der Waals surface area contributed by atoms with Crippen LogP contribution in [0.5, 0.6) is 5.75 Å². The monoisotopic (exact) mass is 304 g/mol. The van der Waals surface area contributed by atoms with E-state index in [0.717, 1.165) is 34.9 Å². The van der Waals surface area contributed by atoms with Crippen molar-refractivity contribution in [2.24, 2.45) is 0 Å². The Morgan fingerprint density at radius 2 is 1.95 bits per heavy atom. The molecule has 0 fully saturated rings. The van der Waals surface area contributed by atoms with Gasteiger partial charge in [0.1, 0.15) is 11.0 Å².